The van der Waals surface area contributed by atoms with Gasteiger partial charge >= 0.3 is 0 Å². The molecule has 1 fully saturated rings. The number of aromatic nitrogens is 5. The van der Waals surface area contributed by atoms with Crippen molar-refractivity contribution in [1.82, 2.24) is 30.1 Å². The minimum absolute atomic E-state index is 0.00588. The van der Waals surface area contributed by atoms with Gasteiger partial charge in [0.05, 0.1) is 17.6 Å². The van der Waals surface area contributed by atoms with Gasteiger partial charge in [0.2, 0.25) is 0 Å². The van der Waals surface area contributed by atoms with E-state index in [9.17, 15) is 4.79 Å². The fourth-order valence-corrected chi connectivity index (χ4v) is 5.99. The van der Waals surface area contributed by atoms with Crippen LogP contribution >= 0.6 is 0 Å². The van der Waals surface area contributed by atoms with Crippen molar-refractivity contribution < 1.29 is 0 Å². The second-order valence-corrected chi connectivity index (χ2v) is 11.0. The van der Waals surface area contributed by atoms with Gasteiger partial charge < -0.3 is 4.98 Å². The van der Waals surface area contributed by atoms with Crippen molar-refractivity contribution in [2.24, 2.45) is 5.92 Å². The highest BCUT2D eigenvalue weighted by molar-refractivity contribution is 5.82. The van der Waals surface area contributed by atoms with Crippen molar-refractivity contribution >= 4 is 10.9 Å². The van der Waals surface area contributed by atoms with Crippen molar-refractivity contribution in [2.45, 2.75) is 78.4 Å². The normalized spacial score (nSPS) is 15.3. The van der Waals surface area contributed by atoms with Crippen LogP contribution in [0.1, 0.15) is 79.7 Å². The third-order valence-corrected chi connectivity index (χ3v) is 7.75. The third-order valence-electron chi connectivity index (χ3n) is 7.75. The van der Waals surface area contributed by atoms with Crippen molar-refractivity contribution in [3.8, 4) is 0 Å². The number of aryl methyl sites for hydroxylation is 2. The number of hydrogen-bond acceptors (Lipinski definition) is 5. The molecule has 37 heavy (non-hydrogen) atoms. The molecule has 2 aromatic carbocycles. The fourth-order valence-electron chi connectivity index (χ4n) is 5.99. The molecule has 2 heterocycles. The Hall–Kier alpha value is -3.32. The molecule has 1 saturated carbocycles. The summed E-state index contributed by atoms with van der Waals surface area (Å²) in [6.07, 6.45) is 5.57. The van der Waals surface area contributed by atoms with Gasteiger partial charge in [-0.3, -0.25) is 9.69 Å². The molecule has 2 aromatic heterocycles. The summed E-state index contributed by atoms with van der Waals surface area (Å²) < 4.78 is 2.07. The Morgan fingerprint density at radius 1 is 1.08 bits per heavy atom. The number of H-pyrrole nitrogens is 1. The van der Waals surface area contributed by atoms with E-state index in [1.54, 1.807) is 0 Å². The van der Waals surface area contributed by atoms with E-state index in [1.807, 2.05) is 6.07 Å². The van der Waals surface area contributed by atoms with Gasteiger partial charge in [-0.25, -0.2) is 4.68 Å². The monoisotopic (exact) mass is 498 g/mol. The standard InChI is InChI=1S/C30H38N6O/c1-20(2)28(29-32-33-34-36(29)26-12-8-9-13-26)35(15-14-23-10-6-5-7-11-23)19-25-18-24-17-21(3)16-22(4)27(24)31-30(25)37/h5-7,10-11,16-18,20,26,28H,8-9,12-15,19H2,1-4H3,(H,31,37). The maximum atomic E-state index is 13.3. The number of rotatable bonds is 9. The van der Waals surface area contributed by atoms with Crippen molar-refractivity contribution in [3.05, 3.63) is 87.0 Å². The van der Waals surface area contributed by atoms with Crippen LogP contribution in [0.2, 0.25) is 0 Å². The Labute approximate surface area is 218 Å². The molecule has 1 N–H and O–H groups in total. The zero-order chi connectivity index (χ0) is 25.9. The SMILES string of the molecule is Cc1cc(C)c2[nH]c(=O)c(CN(CCc3ccccc3)C(c3nnnn3C3CCCC3)C(C)C)cc2c1. The summed E-state index contributed by atoms with van der Waals surface area (Å²) >= 11 is 0. The number of tetrazole rings is 1. The van der Waals surface area contributed by atoms with Gasteiger partial charge in [-0.2, -0.15) is 0 Å². The molecule has 5 rings (SSSR count). The van der Waals surface area contributed by atoms with Gasteiger partial charge in [0, 0.05) is 18.7 Å². The molecule has 0 amide bonds. The summed E-state index contributed by atoms with van der Waals surface area (Å²) in [7, 11) is 0. The lowest BCUT2D eigenvalue weighted by Gasteiger charge is -2.34. The summed E-state index contributed by atoms with van der Waals surface area (Å²) in [6.45, 7) is 9.94. The fraction of sp³-hybridized carbons (Fsp3) is 0.467. The molecule has 194 valence electrons. The number of nitrogens with one attached hydrogen (secondary N) is 1. The molecule has 1 unspecified atom stereocenters. The van der Waals surface area contributed by atoms with Crippen LogP contribution in [0.15, 0.2) is 53.3 Å². The van der Waals surface area contributed by atoms with E-state index in [4.69, 9.17) is 0 Å². The smallest absolute Gasteiger partial charge is 0.252 e. The van der Waals surface area contributed by atoms with E-state index in [1.165, 1.54) is 24.0 Å². The summed E-state index contributed by atoms with van der Waals surface area (Å²) in [6, 6.07) is 17.2. The highest BCUT2D eigenvalue weighted by atomic mass is 16.1. The van der Waals surface area contributed by atoms with E-state index in [-0.39, 0.29) is 17.5 Å². The molecule has 7 nitrogen and oxygen atoms in total. The van der Waals surface area contributed by atoms with Crippen molar-refractivity contribution in [3.63, 3.8) is 0 Å². The minimum Gasteiger partial charge on any atom is -0.321 e. The first-order chi connectivity index (χ1) is 17.9. The van der Waals surface area contributed by atoms with Crippen LogP contribution in [0.4, 0.5) is 0 Å². The quantitative estimate of drug-likeness (QED) is 0.321. The molecule has 7 heteroatoms. The summed E-state index contributed by atoms with van der Waals surface area (Å²) in [5.74, 6) is 1.19. The first-order valence-corrected chi connectivity index (χ1v) is 13.6. The van der Waals surface area contributed by atoms with Crippen LogP contribution in [0.25, 0.3) is 10.9 Å². The van der Waals surface area contributed by atoms with Gasteiger partial charge in [-0.15, -0.1) is 5.10 Å². The predicted molar refractivity (Wildman–Crippen MR) is 147 cm³/mol. The van der Waals surface area contributed by atoms with Crippen LogP contribution in [-0.4, -0.2) is 36.6 Å². The predicted octanol–water partition coefficient (Wildman–Crippen LogP) is 5.69. The van der Waals surface area contributed by atoms with Gasteiger partial charge in [0.15, 0.2) is 5.82 Å². The molecule has 0 radical (unpaired) electrons. The van der Waals surface area contributed by atoms with E-state index in [0.29, 0.717) is 12.6 Å². The van der Waals surface area contributed by atoms with Crippen LogP contribution in [0.3, 0.4) is 0 Å². The average molecular weight is 499 g/mol. The first-order valence-electron chi connectivity index (χ1n) is 13.6. The highest BCUT2D eigenvalue weighted by Crippen LogP contribution is 2.34. The van der Waals surface area contributed by atoms with Gasteiger partial charge in [-0.1, -0.05) is 68.7 Å². The average Bonchev–Trinajstić information content (AvgIpc) is 3.56. The maximum Gasteiger partial charge on any atom is 0.252 e. The van der Waals surface area contributed by atoms with Crippen LogP contribution in [-0.2, 0) is 13.0 Å². The first kappa shape index (κ1) is 25.3. The van der Waals surface area contributed by atoms with Crippen LogP contribution in [0, 0.1) is 19.8 Å². The maximum absolute atomic E-state index is 13.3. The summed E-state index contributed by atoms with van der Waals surface area (Å²) in [4.78, 5) is 18.9. The minimum atomic E-state index is -0.0259. The second kappa shape index (κ2) is 11.0. The lowest BCUT2D eigenvalue weighted by molar-refractivity contribution is 0.133. The molecule has 0 bridgehead atoms. The molecule has 1 atom stereocenters. The Bertz CT molecular complexity index is 1400. The molecule has 1 aliphatic carbocycles. The molecule has 0 spiro atoms. The number of aromatic amines is 1. The summed E-state index contributed by atoms with van der Waals surface area (Å²) in [5.41, 5.74) is 5.23. The number of nitrogens with zero attached hydrogens (tertiary/aromatic N) is 5. The molecule has 0 aliphatic heterocycles. The molecule has 0 saturated heterocycles. The lowest BCUT2D eigenvalue weighted by atomic mass is 9.98. The van der Waals surface area contributed by atoms with E-state index in [0.717, 1.165) is 53.7 Å². The van der Waals surface area contributed by atoms with Crippen LogP contribution in [0.5, 0.6) is 0 Å². The Kier molecular flexibility index (Phi) is 7.51. The second-order valence-electron chi connectivity index (χ2n) is 11.0. The molecular weight excluding hydrogens is 460 g/mol. The number of benzene rings is 2. The van der Waals surface area contributed by atoms with Crippen molar-refractivity contribution in [1.29, 1.82) is 0 Å². The molecular formula is C30H38N6O. The number of fused-ring (bicyclic) bond motifs is 1. The molecule has 4 aromatic rings. The Balaban J connectivity index is 1.53. The van der Waals surface area contributed by atoms with Crippen molar-refractivity contribution in [2.75, 3.05) is 6.54 Å². The van der Waals surface area contributed by atoms with Gasteiger partial charge in [0.1, 0.15) is 0 Å². The Morgan fingerprint density at radius 2 is 1.84 bits per heavy atom. The van der Waals surface area contributed by atoms with E-state index in [2.05, 4.69) is 100 Å². The highest BCUT2D eigenvalue weighted by Gasteiger charge is 2.32. The van der Waals surface area contributed by atoms with Crippen LogP contribution < -0.4 is 5.56 Å². The third kappa shape index (κ3) is 5.52. The zero-order valence-electron chi connectivity index (χ0n) is 22.4. The van der Waals surface area contributed by atoms with E-state index >= 15 is 0 Å². The molecule has 1 aliphatic rings. The van der Waals surface area contributed by atoms with Gasteiger partial charge in [0.25, 0.3) is 5.56 Å². The lowest BCUT2D eigenvalue weighted by Crippen LogP contribution is -2.37. The van der Waals surface area contributed by atoms with E-state index < -0.39 is 0 Å². The Morgan fingerprint density at radius 3 is 2.57 bits per heavy atom. The zero-order valence-corrected chi connectivity index (χ0v) is 22.4. The summed E-state index contributed by atoms with van der Waals surface area (Å²) in [5, 5.41) is 14.2. The van der Waals surface area contributed by atoms with Gasteiger partial charge in [-0.05, 0) is 78.1 Å². The largest absolute Gasteiger partial charge is 0.321 e. The topological polar surface area (TPSA) is 79.7 Å². The number of hydrogen-bond donors (Lipinski definition) is 1. The number of pyridine rings is 1.